The van der Waals surface area contributed by atoms with Gasteiger partial charge in [-0.1, -0.05) is 42.0 Å². The first-order valence-corrected chi connectivity index (χ1v) is 10.7. The Labute approximate surface area is 178 Å². The van der Waals surface area contributed by atoms with E-state index < -0.39 is 0 Å². The number of hydrogen-bond acceptors (Lipinski definition) is 4. The lowest BCUT2D eigenvalue weighted by Gasteiger charge is -2.19. The Morgan fingerprint density at radius 1 is 1.10 bits per heavy atom. The van der Waals surface area contributed by atoms with Crippen LogP contribution in [0.5, 0.6) is 0 Å². The summed E-state index contributed by atoms with van der Waals surface area (Å²) in [5, 5.41) is 0.935. The zero-order chi connectivity index (χ0) is 21.1. The van der Waals surface area contributed by atoms with Crippen molar-refractivity contribution in [1.82, 2.24) is 20.7 Å². The van der Waals surface area contributed by atoms with Crippen LogP contribution in [0.3, 0.4) is 0 Å². The summed E-state index contributed by atoms with van der Waals surface area (Å²) in [5.74, 6) is 0.0655. The van der Waals surface area contributed by atoms with E-state index in [0.717, 1.165) is 53.5 Å². The van der Waals surface area contributed by atoms with E-state index in [1.54, 1.807) is 0 Å². The van der Waals surface area contributed by atoms with Crippen molar-refractivity contribution in [3.05, 3.63) is 77.0 Å². The summed E-state index contributed by atoms with van der Waals surface area (Å²) in [5.41, 5.74) is 11.8. The number of carbonyl (C=O) groups is 1. The Balaban J connectivity index is 1.35. The van der Waals surface area contributed by atoms with E-state index in [1.807, 2.05) is 50.1 Å². The summed E-state index contributed by atoms with van der Waals surface area (Å²) >= 11 is 0. The van der Waals surface area contributed by atoms with Gasteiger partial charge in [0.05, 0.1) is 11.1 Å². The fourth-order valence-corrected chi connectivity index (χ4v) is 4.25. The molecular weight excluding hydrogens is 372 g/mol. The van der Waals surface area contributed by atoms with Gasteiger partial charge in [-0.25, -0.2) is 0 Å². The molecule has 4 rings (SSSR count). The van der Waals surface area contributed by atoms with Gasteiger partial charge >= 0.3 is 0 Å². The predicted molar refractivity (Wildman–Crippen MR) is 121 cm³/mol. The van der Waals surface area contributed by atoms with Crippen molar-refractivity contribution in [3.8, 4) is 0 Å². The number of carbonyl (C=O) groups excluding carboxylic acids is 1. The Morgan fingerprint density at radius 2 is 1.90 bits per heavy atom. The van der Waals surface area contributed by atoms with Gasteiger partial charge in [0.1, 0.15) is 0 Å². The Kier molecular flexibility index (Phi) is 6.11. The second kappa shape index (κ2) is 8.94. The lowest BCUT2D eigenvalue weighted by Crippen LogP contribution is -2.32. The summed E-state index contributed by atoms with van der Waals surface area (Å²) in [7, 11) is 1.90. The molecule has 0 spiro atoms. The van der Waals surface area contributed by atoms with Gasteiger partial charge in [-0.15, -0.1) is 0 Å². The van der Waals surface area contributed by atoms with Crippen LogP contribution in [0.25, 0.3) is 10.9 Å². The van der Waals surface area contributed by atoms with Gasteiger partial charge in [-0.3, -0.25) is 20.6 Å². The van der Waals surface area contributed by atoms with Crippen LogP contribution in [-0.2, 0) is 0 Å². The first-order chi connectivity index (χ1) is 14.5. The Bertz CT molecular complexity index is 1030. The van der Waals surface area contributed by atoms with Crippen molar-refractivity contribution in [2.45, 2.75) is 45.2 Å². The number of hydrazine groups is 1. The third kappa shape index (κ3) is 4.53. The van der Waals surface area contributed by atoms with Gasteiger partial charge in [0.25, 0.3) is 5.91 Å². The summed E-state index contributed by atoms with van der Waals surface area (Å²) in [6.07, 6.45) is 3.06. The molecule has 1 aromatic heterocycles. The van der Waals surface area contributed by atoms with E-state index in [4.69, 9.17) is 0 Å². The second-order valence-electron chi connectivity index (χ2n) is 8.39. The van der Waals surface area contributed by atoms with E-state index in [1.165, 1.54) is 5.56 Å². The standard InChI is InChI=1S/C25H30N4O/c1-17-11-12-23-21(14-17)22(15-18(2)26-23)25(30)29(3)13-7-10-20-16-24(28-27-20)19-8-5-4-6-9-19/h4-6,8-9,11-12,14-15,20,24,27-28H,7,10,13,16H2,1-3H3. The van der Waals surface area contributed by atoms with Crippen molar-refractivity contribution < 1.29 is 4.79 Å². The molecule has 2 atom stereocenters. The summed E-state index contributed by atoms with van der Waals surface area (Å²) in [6, 6.07) is 19.3. The van der Waals surface area contributed by atoms with Crippen molar-refractivity contribution in [2.24, 2.45) is 0 Å². The highest BCUT2D eigenvalue weighted by Gasteiger charge is 2.24. The largest absolute Gasteiger partial charge is 0.342 e. The molecule has 3 aromatic rings. The zero-order valence-corrected chi connectivity index (χ0v) is 18.0. The van der Waals surface area contributed by atoms with Gasteiger partial charge in [-0.05, 0) is 56.9 Å². The molecule has 5 heteroatoms. The molecule has 1 aliphatic heterocycles. The monoisotopic (exact) mass is 402 g/mol. The molecule has 2 heterocycles. The number of amides is 1. The van der Waals surface area contributed by atoms with Crippen LogP contribution in [0.4, 0.5) is 0 Å². The third-order valence-corrected chi connectivity index (χ3v) is 5.90. The number of nitrogens with zero attached hydrogens (tertiary/aromatic N) is 2. The Morgan fingerprint density at radius 3 is 2.70 bits per heavy atom. The molecule has 1 saturated heterocycles. The minimum atomic E-state index is 0.0655. The minimum absolute atomic E-state index is 0.0655. The van der Waals surface area contributed by atoms with Crippen LogP contribution in [-0.4, -0.2) is 35.4 Å². The first kappa shape index (κ1) is 20.5. The molecule has 2 unspecified atom stereocenters. The summed E-state index contributed by atoms with van der Waals surface area (Å²) in [4.78, 5) is 19.6. The molecule has 0 aliphatic carbocycles. The molecule has 1 fully saturated rings. The number of benzene rings is 2. The maximum atomic E-state index is 13.2. The summed E-state index contributed by atoms with van der Waals surface area (Å²) < 4.78 is 0. The fourth-order valence-electron chi connectivity index (χ4n) is 4.25. The van der Waals surface area contributed by atoms with E-state index >= 15 is 0 Å². The Hall–Kier alpha value is -2.76. The van der Waals surface area contributed by atoms with Gasteiger partial charge in [0.15, 0.2) is 0 Å². The maximum absolute atomic E-state index is 13.2. The molecule has 0 bridgehead atoms. The molecule has 0 saturated carbocycles. The van der Waals surface area contributed by atoms with E-state index in [9.17, 15) is 4.79 Å². The van der Waals surface area contributed by atoms with E-state index in [-0.39, 0.29) is 5.91 Å². The molecule has 2 N–H and O–H groups in total. The van der Waals surface area contributed by atoms with Crippen LogP contribution < -0.4 is 10.9 Å². The molecule has 2 aromatic carbocycles. The highest BCUT2D eigenvalue weighted by Crippen LogP contribution is 2.24. The van der Waals surface area contributed by atoms with Crippen molar-refractivity contribution in [1.29, 1.82) is 0 Å². The number of nitrogens with one attached hydrogen (secondary N) is 2. The summed E-state index contributed by atoms with van der Waals surface area (Å²) in [6.45, 7) is 4.72. The second-order valence-corrected chi connectivity index (χ2v) is 8.39. The number of rotatable bonds is 6. The average molecular weight is 403 g/mol. The smallest absolute Gasteiger partial charge is 0.254 e. The van der Waals surface area contributed by atoms with Crippen LogP contribution in [0, 0.1) is 13.8 Å². The number of aromatic nitrogens is 1. The molecule has 156 valence electrons. The topological polar surface area (TPSA) is 57.3 Å². The number of fused-ring (bicyclic) bond motifs is 1. The minimum Gasteiger partial charge on any atom is -0.342 e. The van der Waals surface area contributed by atoms with Crippen LogP contribution in [0.2, 0.25) is 0 Å². The number of pyridine rings is 1. The van der Waals surface area contributed by atoms with Gasteiger partial charge in [0.2, 0.25) is 0 Å². The number of hydrogen-bond donors (Lipinski definition) is 2. The van der Waals surface area contributed by atoms with Crippen LogP contribution >= 0.6 is 0 Å². The van der Waals surface area contributed by atoms with Crippen molar-refractivity contribution in [2.75, 3.05) is 13.6 Å². The predicted octanol–water partition coefficient (Wildman–Crippen LogP) is 4.31. The lowest BCUT2D eigenvalue weighted by molar-refractivity contribution is 0.0793. The molecule has 0 radical (unpaired) electrons. The number of aryl methyl sites for hydroxylation is 2. The quantitative estimate of drug-likeness (QED) is 0.645. The van der Waals surface area contributed by atoms with Crippen molar-refractivity contribution in [3.63, 3.8) is 0 Å². The highest BCUT2D eigenvalue weighted by molar-refractivity contribution is 6.06. The molecule has 1 aliphatic rings. The first-order valence-electron chi connectivity index (χ1n) is 10.7. The van der Waals surface area contributed by atoms with Gasteiger partial charge in [-0.2, -0.15) is 0 Å². The van der Waals surface area contributed by atoms with Crippen LogP contribution in [0.15, 0.2) is 54.6 Å². The van der Waals surface area contributed by atoms with Gasteiger partial charge in [0, 0.05) is 36.8 Å². The molecule has 1 amide bonds. The molecule has 30 heavy (non-hydrogen) atoms. The van der Waals surface area contributed by atoms with Crippen molar-refractivity contribution >= 4 is 16.8 Å². The maximum Gasteiger partial charge on any atom is 0.254 e. The van der Waals surface area contributed by atoms with Gasteiger partial charge < -0.3 is 4.90 Å². The average Bonchev–Trinajstić information content (AvgIpc) is 3.22. The zero-order valence-electron chi connectivity index (χ0n) is 18.0. The van der Waals surface area contributed by atoms with E-state index in [2.05, 4.69) is 46.2 Å². The molecular formula is C25H30N4O. The molecule has 5 nitrogen and oxygen atoms in total. The SMILES string of the molecule is Cc1ccc2nc(C)cc(C(=O)N(C)CCCC3CC(c4ccccc4)NN3)c2c1. The lowest BCUT2D eigenvalue weighted by atomic mass is 9.99. The fraction of sp³-hybridized carbons (Fsp3) is 0.360. The highest BCUT2D eigenvalue weighted by atomic mass is 16.2. The third-order valence-electron chi connectivity index (χ3n) is 5.90. The van der Waals surface area contributed by atoms with E-state index in [0.29, 0.717) is 12.1 Å². The normalized spacial score (nSPS) is 18.6. The van der Waals surface area contributed by atoms with Crippen LogP contribution in [0.1, 0.15) is 52.5 Å².